The van der Waals surface area contributed by atoms with Gasteiger partial charge in [0.15, 0.2) is 6.10 Å². The smallest absolute Gasteiger partial charge is 0.361 e. The van der Waals surface area contributed by atoms with Gasteiger partial charge < -0.3 is 28.5 Å². The molecule has 9 nitrogen and oxygen atoms in total. The molecule has 0 aliphatic heterocycles. The molecule has 1 N–H and O–H groups in total. The Hall–Kier alpha value is -4.31. The molecule has 0 radical (unpaired) electrons. The van der Waals surface area contributed by atoms with Gasteiger partial charge in [0, 0.05) is 12.8 Å². The molecular weight excluding hydrogens is 1200 g/mol. The number of likely N-dealkylation sites (N-methyl/N-ethyl adjacent to an activating group) is 1. The Kier molecular flexibility index (Phi) is 74.0. The van der Waals surface area contributed by atoms with Crippen molar-refractivity contribution >= 4 is 17.9 Å². The van der Waals surface area contributed by atoms with Crippen LogP contribution in [0.2, 0.25) is 0 Å². The number of nitrogens with zero attached hydrogens (tertiary/aromatic N) is 1. The Bertz CT molecular complexity index is 2020. The minimum atomic E-state index is -1.51. The first-order chi connectivity index (χ1) is 47.6. The number of rotatable bonds is 75. The van der Waals surface area contributed by atoms with Crippen molar-refractivity contribution in [2.75, 3.05) is 47.5 Å². The Morgan fingerprint density at radius 2 is 0.557 bits per heavy atom. The Morgan fingerprint density at radius 3 is 0.825 bits per heavy atom. The van der Waals surface area contributed by atoms with Gasteiger partial charge in [-0.25, -0.2) is 4.79 Å². The van der Waals surface area contributed by atoms with Gasteiger partial charge in [0.2, 0.25) is 0 Å². The third-order valence-corrected chi connectivity index (χ3v) is 17.7. The lowest BCUT2D eigenvalue weighted by Gasteiger charge is -2.25. The van der Waals surface area contributed by atoms with Gasteiger partial charge in [-0.05, 0) is 103 Å². The van der Waals surface area contributed by atoms with Crippen molar-refractivity contribution in [3.8, 4) is 0 Å². The molecule has 0 fully saturated rings. The predicted octanol–water partition coefficient (Wildman–Crippen LogP) is 26.3. The molecule has 0 aliphatic carbocycles. The molecule has 9 heteroatoms. The minimum Gasteiger partial charge on any atom is -0.477 e. The van der Waals surface area contributed by atoms with Crippen molar-refractivity contribution in [1.82, 2.24) is 0 Å². The van der Waals surface area contributed by atoms with E-state index in [0.717, 1.165) is 103 Å². The molecule has 0 rings (SSSR count). The van der Waals surface area contributed by atoms with E-state index in [2.05, 4.69) is 135 Å². The number of aliphatic carboxylic acids is 1. The van der Waals surface area contributed by atoms with Crippen LogP contribution in [-0.4, -0.2) is 87.4 Å². The molecule has 0 amide bonds. The van der Waals surface area contributed by atoms with Crippen LogP contribution in [0.15, 0.2) is 122 Å². The summed E-state index contributed by atoms with van der Waals surface area (Å²) in [6.07, 6.45) is 108. The van der Waals surface area contributed by atoms with Crippen LogP contribution in [0.4, 0.5) is 0 Å². The third kappa shape index (κ3) is 78.9. The van der Waals surface area contributed by atoms with Crippen molar-refractivity contribution in [3.63, 3.8) is 0 Å². The fourth-order valence-electron chi connectivity index (χ4n) is 11.6. The molecule has 558 valence electrons. The molecule has 0 saturated heterocycles. The maximum absolute atomic E-state index is 13.0. The number of carboxylic acid groups (broad SMARTS) is 1. The van der Waals surface area contributed by atoms with Crippen LogP contribution in [0.25, 0.3) is 0 Å². The number of ether oxygens (including phenoxy) is 4. The highest BCUT2D eigenvalue weighted by molar-refractivity contribution is 5.71. The first kappa shape index (κ1) is 92.7. The number of hydrogen-bond donors (Lipinski definition) is 1. The van der Waals surface area contributed by atoms with Crippen LogP contribution in [0.5, 0.6) is 0 Å². The summed E-state index contributed by atoms with van der Waals surface area (Å²) in [5.41, 5.74) is 0. The zero-order chi connectivity index (χ0) is 70.4. The molecule has 0 aromatic carbocycles. The number of unbranched alkanes of at least 4 members (excludes halogenated alkanes) is 40. The Labute approximate surface area is 599 Å². The normalized spacial score (nSPS) is 13.3. The fourth-order valence-corrected chi connectivity index (χ4v) is 11.6. The molecule has 0 aromatic heterocycles. The van der Waals surface area contributed by atoms with Crippen molar-refractivity contribution in [1.29, 1.82) is 0 Å². The van der Waals surface area contributed by atoms with Crippen LogP contribution < -0.4 is 0 Å². The second-order valence-electron chi connectivity index (χ2n) is 28.3. The van der Waals surface area contributed by atoms with Crippen LogP contribution in [-0.2, 0) is 33.3 Å². The van der Waals surface area contributed by atoms with Gasteiger partial charge in [0.25, 0.3) is 6.29 Å². The number of carboxylic acids is 1. The predicted molar refractivity (Wildman–Crippen MR) is 419 cm³/mol. The van der Waals surface area contributed by atoms with Gasteiger partial charge in [-0.2, -0.15) is 0 Å². The Balaban J connectivity index is 3.99. The van der Waals surface area contributed by atoms with Crippen molar-refractivity contribution in [2.24, 2.45) is 0 Å². The zero-order valence-corrected chi connectivity index (χ0v) is 64.0. The first-order valence-electron chi connectivity index (χ1n) is 40.7. The number of quaternary nitrogens is 1. The first-order valence-corrected chi connectivity index (χ1v) is 40.7. The maximum atomic E-state index is 13.0. The minimum absolute atomic E-state index is 0.181. The van der Waals surface area contributed by atoms with Gasteiger partial charge in [0.05, 0.1) is 34.4 Å². The molecule has 0 saturated carbocycles. The summed E-state index contributed by atoms with van der Waals surface area (Å²) in [4.78, 5) is 37.8. The standard InChI is InChI=1S/C88H153NO8/c1-6-8-10-12-14-16-18-20-22-24-26-28-30-32-34-36-38-40-42-43-45-47-49-51-53-55-57-59-61-63-65-67-69-71-73-75-77-79-86(91)97-84(83-96-88(87(92)93)94-81-80-89(3,4)5)82-95-85(90)78-76-74-72-70-68-66-64-62-60-58-56-54-52-50-48-46-44-41-39-37-35-33-31-29-27-25-23-21-19-17-15-13-11-9-7-2/h8-11,14-17,20-23,26-29,32-35,84,88H,6-7,12-13,18-19,24-25,30-31,36-83H2,1-5H3/p+1/b10-8-,11-9-,16-14-,17-15-,22-20-,23-21-,28-26-,29-27-,34-32-,35-33-. The van der Waals surface area contributed by atoms with Gasteiger partial charge in [-0.3, -0.25) is 9.59 Å². The number of carbonyl (C=O) groups excluding carboxylic acids is 2. The number of hydrogen-bond acceptors (Lipinski definition) is 7. The van der Waals surface area contributed by atoms with E-state index in [-0.39, 0.29) is 38.2 Å². The average Bonchev–Trinajstić information content (AvgIpc) is 3.11. The largest absolute Gasteiger partial charge is 0.477 e. The molecule has 0 heterocycles. The molecule has 2 atom stereocenters. The van der Waals surface area contributed by atoms with Gasteiger partial charge in [0.1, 0.15) is 13.2 Å². The zero-order valence-electron chi connectivity index (χ0n) is 64.0. The van der Waals surface area contributed by atoms with E-state index in [1.165, 1.54) is 231 Å². The third-order valence-electron chi connectivity index (χ3n) is 17.7. The molecule has 2 unspecified atom stereocenters. The van der Waals surface area contributed by atoms with Crippen LogP contribution in [0.3, 0.4) is 0 Å². The van der Waals surface area contributed by atoms with E-state index < -0.39 is 18.4 Å². The van der Waals surface area contributed by atoms with E-state index in [9.17, 15) is 19.5 Å². The maximum Gasteiger partial charge on any atom is 0.361 e. The van der Waals surface area contributed by atoms with Crippen molar-refractivity contribution < 1.29 is 42.9 Å². The molecule has 97 heavy (non-hydrogen) atoms. The van der Waals surface area contributed by atoms with E-state index in [0.29, 0.717) is 17.4 Å². The highest BCUT2D eigenvalue weighted by Crippen LogP contribution is 2.19. The lowest BCUT2D eigenvalue weighted by atomic mass is 10.0. The summed E-state index contributed by atoms with van der Waals surface area (Å²) in [7, 11) is 5.99. The van der Waals surface area contributed by atoms with E-state index in [1.807, 2.05) is 21.1 Å². The van der Waals surface area contributed by atoms with Crippen molar-refractivity contribution in [2.45, 2.75) is 373 Å². The SMILES string of the molecule is CC/C=C\C/C=C\C/C=C\C/C=C\C/C=C\CCCCCCCCCCCCCCCCCCCCCCCC(=O)OC(COC(=O)CCCCCCCCCCCCCCCCCCCCC/C=C\C/C=C\C/C=C\C/C=C\C/C=C\CC)COC(OCC[N+](C)(C)C)C(=O)O. The number of carbonyl (C=O) groups is 3. The van der Waals surface area contributed by atoms with Gasteiger partial charge >= 0.3 is 17.9 Å². The lowest BCUT2D eigenvalue weighted by molar-refractivity contribution is -0.870. The quantitative estimate of drug-likeness (QED) is 0.0211. The van der Waals surface area contributed by atoms with E-state index in [1.54, 1.807) is 0 Å². The lowest BCUT2D eigenvalue weighted by Crippen LogP contribution is -2.40. The molecular formula is C88H154NO8+. The number of allylic oxidation sites excluding steroid dienone is 20. The fraction of sp³-hybridized carbons (Fsp3) is 0.739. The topological polar surface area (TPSA) is 108 Å². The second-order valence-corrected chi connectivity index (χ2v) is 28.3. The summed E-state index contributed by atoms with van der Waals surface area (Å²) < 4.78 is 23.1. The van der Waals surface area contributed by atoms with E-state index in [4.69, 9.17) is 18.9 Å². The van der Waals surface area contributed by atoms with Crippen LogP contribution >= 0.6 is 0 Å². The molecule has 0 aliphatic rings. The average molecular weight is 1350 g/mol. The number of esters is 2. The Morgan fingerprint density at radius 1 is 0.309 bits per heavy atom. The summed E-state index contributed by atoms with van der Waals surface area (Å²) >= 11 is 0. The highest BCUT2D eigenvalue weighted by Gasteiger charge is 2.25. The van der Waals surface area contributed by atoms with Gasteiger partial charge in [-0.15, -0.1) is 0 Å². The molecule has 0 aromatic rings. The summed E-state index contributed by atoms with van der Waals surface area (Å²) in [6, 6.07) is 0. The summed E-state index contributed by atoms with van der Waals surface area (Å²) in [5, 5.41) is 9.78. The second kappa shape index (κ2) is 77.4. The summed E-state index contributed by atoms with van der Waals surface area (Å²) in [6.45, 7) is 4.69. The summed E-state index contributed by atoms with van der Waals surface area (Å²) in [5.74, 6) is -1.99. The monoisotopic (exact) mass is 1350 g/mol. The highest BCUT2D eigenvalue weighted by atomic mass is 16.7. The van der Waals surface area contributed by atoms with E-state index >= 15 is 0 Å². The molecule has 0 spiro atoms. The van der Waals surface area contributed by atoms with Crippen LogP contribution in [0, 0.1) is 0 Å². The molecule has 0 bridgehead atoms. The van der Waals surface area contributed by atoms with Crippen LogP contribution in [0.1, 0.15) is 361 Å². The van der Waals surface area contributed by atoms with Gasteiger partial charge in [-0.1, -0.05) is 367 Å². The van der Waals surface area contributed by atoms with Crippen molar-refractivity contribution in [3.05, 3.63) is 122 Å².